The number of benzene rings is 2. The molecule has 0 aliphatic carbocycles. The van der Waals surface area contributed by atoms with E-state index in [1.807, 2.05) is 54.6 Å². The summed E-state index contributed by atoms with van der Waals surface area (Å²) in [5, 5.41) is 4.06. The first-order valence-corrected chi connectivity index (χ1v) is 10.4. The number of aromatic nitrogens is 2. The average molecular weight is 456 g/mol. The first kappa shape index (κ1) is 19.8. The smallest absolute Gasteiger partial charge is 0.246 e. The molecule has 0 spiro atoms. The molecule has 1 aliphatic heterocycles. The van der Waals surface area contributed by atoms with Crippen LogP contribution in [0.4, 0.5) is 0 Å². The van der Waals surface area contributed by atoms with Crippen LogP contribution in [0.25, 0.3) is 11.4 Å². The number of likely N-dealkylation sites (N-methyl/N-ethyl adjacent to an activating group) is 1. The van der Waals surface area contributed by atoms with E-state index in [0.717, 1.165) is 15.6 Å². The van der Waals surface area contributed by atoms with Gasteiger partial charge in [-0.3, -0.25) is 4.79 Å². The Hall–Kier alpha value is -2.51. The normalized spacial score (nSPS) is 15.8. The second kappa shape index (κ2) is 8.47. The molecule has 0 radical (unpaired) electrons. The fourth-order valence-electron chi connectivity index (χ4n) is 3.81. The number of carbonyl (C=O) groups excluding carboxylic acids is 1. The molecule has 0 saturated carbocycles. The monoisotopic (exact) mass is 455 g/mol. The maximum Gasteiger partial charge on any atom is 0.246 e. The Labute approximate surface area is 178 Å². The summed E-state index contributed by atoms with van der Waals surface area (Å²) in [6.07, 6.45) is 1.32. The molecule has 150 valence electrons. The highest BCUT2D eigenvalue weighted by atomic mass is 79.9. The van der Waals surface area contributed by atoms with E-state index >= 15 is 0 Å². The molecule has 0 N–H and O–H groups in total. The summed E-state index contributed by atoms with van der Waals surface area (Å²) >= 11 is 3.45. The number of hydrogen-bond acceptors (Lipinski definition) is 5. The van der Waals surface area contributed by atoms with E-state index in [1.54, 1.807) is 11.9 Å². The molecule has 3 aromatic rings. The molecule has 29 heavy (non-hydrogen) atoms. The Kier molecular flexibility index (Phi) is 5.78. The van der Waals surface area contributed by atoms with Gasteiger partial charge in [0.1, 0.15) is 0 Å². The summed E-state index contributed by atoms with van der Waals surface area (Å²) in [4.78, 5) is 19.7. The third kappa shape index (κ3) is 4.11. The fourth-order valence-corrected chi connectivity index (χ4v) is 4.21. The minimum absolute atomic E-state index is 0.0502. The van der Waals surface area contributed by atoms with Gasteiger partial charge in [-0.05, 0) is 30.5 Å². The Morgan fingerprint density at radius 1 is 1.14 bits per heavy atom. The van der Waals surface area contributed by atoms with Crippen LogP contribution in [0.2, 0.25) is 0 Å². The lowest BCUT2D eigenvalue weighted by Gasteiger charge is -2.38. The van der Waals surface area contributed by atoms with Gasteiger partial charge in [0.15, 0.2) is 0 Å². The summed E-state index contributed by atoms with van der Waals surface area (Å²) in [5.41, 5.74) is 1.30. The molecule has 1 fully saturated rings. The van der Waals surface area contributed by atoms with Gasteiger partial charge in [0, 0.05) is 30.3 Å². The second-order valence-electron chi connectivity index (χ2n) is 7.24. The van der Waals surface area contributed by atoms with Crippen LogP contribution in [0.5, 0.6) is 0 Å². The van der Waals surface area contributed by atoms with E-state index in [-0.39, 0.29) is 12.5 Å². The van der Waals surface area contributed by atoms with Crippen molar-refractivity contribution in [1.82, 2.24) is 15.0 Å². The van der Waals surface area contributed by atoms with Gasteiger partial charge in [0.2, 0.25) is 17.6 Å². The molecule has 1 aromatic heterocycles. The Bertz CT molecular complexity index is 984. The van der Waals surface area contributed by atoms with Crippen LogP contribution in [0.15, 0.2) is 63.6 Å². The maximum atomic E-state index is 13.5. The molecule has 6 nitrogen and oxygen atoms in total. The Balaban J connectivity index is 1.54. The van der Waals surface area contributed by atoms with Crippen molar-refractivity contribution in [3.63, 3.8) is 0 Å². The standard InChI is InChI=1S/C22H22BrN3O3/c1-26(15-19-24-20(25-29-19)16-6-5-9-18(23)14-16)21(27)22(10-12-28-13-11-22)17-7-3-2-4-8-17/h2-9,14H,10-13,15H2,1H3. The zero-order chi connectivity index (χ0) is 20.3. The lowest BCUT2D eigenvalue weighted by molar-refractivity contribution is -0.140. The zero-order valence-corrected chi connectivity index (χ0v) is 17.8. The van der Waals surface area contributed by atoms with Crippen LogP contribution in [-0.4, -0.2) is 41.2 Å². The molecule has 4 rings (SSSR count). The van der Waals surface area contributed by atoms with E-state index < -0.39 is 5.41 Å². The van der Waals surface area contributed by atoms with Crippen molar-refractivity contribution in [2.24, 2.45) is 0 Å². The molecule has 0 atom stereocenters. The van der Waals surface area contributed by atoms with Crippen molar-refractivity contribution in [3.8, 4) is 11.4 Å². The van der Waals surface area contributed by atoms with Gasteiger partial charge in [-0.1, -0.05) is 63.6 Å². The Morgan fingerprint density at radius 2 is 1.90 bits per heavy atom. The predicted octanol–water partition coefficient (Wildman–Crippen LogP) is 4.21. The van der Waals surface area contributed by atoms with Crippen LogP contribution in [-0.2, 0) is 21.5 Å². The Morgan fingerprint density at radius 3 is 2.62 bits per heavy atom. The molecule has 0 bridgehead atoms. The molecule has 1 saturated heterocycles. The minimum atomic E-state index is -0.582. The highest BCUT2D eigenvalue weighted by Gasteiger charge is 2.43. The van der Waals surface area contributed by atoms with E-state index in [2.05, 4.69) is 26.1 Å². The minimum Gasteiger partial charge on any atom is -0.381 e. The van der Waals surface area contributed by atoms with Gasteiger partial charge in [0.25, 0.3) is 0 Å². The van der Waals surface area contributed by atoms with Crippen molar-refractivity contribution >= 4 is 21.8 Å². The van der Waals surface area contributed by atoms with Crippen molar-refractivity contribution < 1.29 is 14.1 Å². The molecule has 1 aliphatic rings. The summed E-state index contributed by atoms with van der Waals surface area (Å²) in [7, 11) is 1.78. The van der Waals surface area contributed by atoms with Crippen molar-refractivity contribution in [2.45, 2.75) is 24.8 Å². The SMILES string of the molecule is CN(Cc1nc(-c2cccc(Br)c2)no1)C(=O)C1(c2ccccc2)CCOCC1. The highest BCUT2D eigenvalue weighted by molar-refractivity contribution is 9.10. The number of halogens is 1. The predicted molar refractivity (Wildman–Crippen MR) is 112 cm³/mol. The van der Waals surface area contributed by atoms with E-state index in [9.17, 15) is 4.79 Å². The molecular formula is C22H22BrN3O3. The van der Waals surface area contributed by atoms with Crippen LogP contribution < -0.4 is 0 Å². The quantitative estimate of drug-likeness (QED) is 0.576. The van der Waals surface area contributed by atoms with Crippen LogP contribution >= 0.6 is 15.9 Å². The fraction of sp³-hybridized carbons (Fsp3) is 0.318. The number of hydrogen-bond donors (Lipinski definition) is 0. The largest absolute Gasteiger partial charge is 0.381 e. The molecule has 2 aromatic carbocycles. The van der Waals surface area contributed by atoms with Gasteiger partial charge in [-0.2, -0.15) is 4.98 Å². The lowest BCUT2D eigenvalue weighted by Crippen LogP contribution is -2.48. The summed E-state index contributed by atoms with van der Waals surface area (Å²) in [6.45, 7) is 1.40. The molecule has 0 unspecified atom stereocenters. The first-order chi connectivity index (χ1) is 14.1. The van der Waals surface area contributed by atoms with Gasteiger partial charge >= 0.3 is 0 Å². The lowest BCUT2D eigenvalue weighted by atomic mass is 9.73. The van der Waals surface area contributed by atoms with Gasteiger partial charge in [-0.15, -0.1) is 0 Å². The topological polar surface area (TPSA) is 68.5 Å². The van der Waals surface area contributed by atoms with Gasteiger partial charge in [-0.25, -0.2) is 0 Å². The number of rotatable bonds is 5. The number of amides is 1. The number of carbonyl (C=O) groups is 1. The van der Waals surface area contributed by atoms with Gasteiger partial charge in [0.05, 0.1) is 12.0 Å². The summed E-state index contributed by atoms with van der Waals surface area (Å²) in [6, 6.07) is 17.7. The highest BCUT2D eigenvalue weighted by Crippen LogP contribution is 2.36. The molecule has 2 heterocycles. The van der Waals surface area contributed by atoms with E-state index in [4.69, 9.17) is 9.26 Å². The van der Waals surface area contributed by atoms with Crippen molar-refractivity contribution in [2.75, 3.05) is 20.3 Å². The summed E-state index contributed by atoms with van der Waals surface area (Å²) in [5.74, 6) is 0.964. The van der Waals surface area contributed by atoms with Crippen LogP contribution in [0.1, 0.15) is 24.3 Å². The molecular weight excluding hydrogens is 434 g/mol. The number of ether oxygens (including phenoxy) is 1. The van der Waals surface area contributed by atoms with Crippen LogP contribution in [0, 0.1) is 0 Å². The van der Waals surface area contributed by atoms with Crippen molar-refractivity contribution in [1.29, 1.82) is 0 Å². The maximum absolute atomic E-state index is 13.5. The van der Waals surface area contributed by atoms with Crippen molar-refractivity contribution in [3.05, 3.63) is 70.5 Å². The average Bonchev–Trinajstić information content (AvgIpc) is 3.23. The van der Waals surface area contributed by atoms with Gasteiger partial charge < -0.3 is 14.2 Å². The van der Waals surface area contributed by atoms with Crippen LogP contribution in [0.3, 0.4) is 0 Å². The summed E-state index contributed by atoms with van der Waals surface area (Å²) < 4.78 is 11.9. The second-order valence-corrected chi connectivity index (χ2v) is 8.16. The third-order valence-corrected chi connectivity index (χ3v) is 5.85. The first-order valence-electron chi connectivity index (χ1n) is 9.56. The van der Waals surface area contributed by atoms with E-state index in [0.29, 0.717) is 37.8 Å². The number of nitrogens with zero attached hydrogens (tertiary/aromatic N) is 3. The van der Waals surface area contributed by atoms with E-state index in [1.165, 1.54) is 0 Å². The molecule has 1 amide bonds. The molecule has 7 heteroatoms. The third-order valence-electron chi connectivity index (χ3n) is 5.35. The zero-order valence-electron chi connectivity index (χ0n) is 16.2.